The number of hydrogen-bond donors (Lipinski definition) is 0. The maximum absolute atomic E-state index is 12.4. The molecule has 0 aromatic carbocycles. The molecule has 0 aliphatic carbocycles. The number of aromatic nitrogens is 2. The Morgan fingerprint density at radius 2 is 1.86 bits per heavy atom. The number of rotatable bonds is 4. The average molecular weight is 306 g/mol. The van der Waals surface area contributed by atoms with Crippen molar-refractivity contribution in [1.82, 2.24) is 9.38 Å². The van der Waals surface area contributed by atoms with Crippen molar-refractivity contribution in [3.8, 4) is 12.1 Å². The number of nitriles is 2. The molecule has 0 saturated heterocycles. The third-order valence-corrected chi connectivity index (χ3v) is 3.49. The molecule has 0 radical (unpaired) electrons. The molecule has 0 amide bonds. The van der Waals surface area contributed by atoms with Crippen molar-refractivity contribution < 1.29 is 13.2 Å². The summed E-state index contributed by atoms with van der Waals surface area (Å²) in [6.45, 7) is 1.87. The Balaban J connectivity index is 2.29. The summed E-state index contributed by atoms with van der Waals surface area (Å²) in [5.41, 5.74) is 0.252. The molecule has 2 rings (SSSR count). The van der Waals surface area contributed by atoms with Gasteiger partial charge in [0.05, 0.1) is 17.8 Å². The van der Waals surface area contributed by atoms with Crippen LogP contribution in [-0.4, -0.2) is 15.6 Å². The largest absolute Gasteiger partial charge is 0.389 e. The summed E-state index contributed by atoms with van der Waals surface area (Å²) >= 11 is 0. The number of hydrogen-bond acceptors (Lipinski definition) is 3. The van der Waals surface area contributed by atoms with Gasteiger partial charge in [-0.05, 0) is 25.5 Å². The van der Waals surface area contributed by atoms with Gasteiger partial charge in [0.15, 0.2) is 0 Å². The van der Waals surface area contributed by atoms with Gasteiger partial charge in [-0.3, -0.25) is 0 Å². The van der Waals surface area contributed by atoms with Crippen LogP contribution in [0.25, 0.3) is 5.65 Å². The third kappa shape index (κ3) is 3.37. The average Bonchev–Trinajstić information content (AvgIpc) is 2.86. The molecule has 0 N–H and O–H groups in total. The first-order valence-corrected chi connectivity index (χ1v) is 6.61. The fraction of sp³-hybridized carbons (Fsp3) is 0.400. The van der Waals surface area contributed by atoms with Crippen molar-refractivity contribution in [2.45, 2.75) is 32.4 Å². The molecule has 0 saturated carbocycles. The number of halogens is 3. The lowest BCUT2D eigenvalue weighted by atomic mass is 9.82. The second-order valence-electron chi connectivity index (χ2n) is 5.23. The Kier molecular flexibility index (Phi) is 4.09. The maximum Gasteiger partial charge on any atom is 0.389 e. The molecule has 7 heteroatoms. The Labute approximate surface area is 125 Å². The standard InChI is InChI=1S/C15H13F3N4/c1-11-3-2-4-13-21-12(8-22(11)13)7-14(9-19,10-20)5-6-15(16,17)18/h2-4,8H,5-7H2,1H3. The summed E-state index contributed by atoms with van der Waals surface area (Å²) in [7, 11) is 0. The van der Waals surface area contributed by atoms with Crippen molar-refractivity contribution in [1.29, 1.82) is 10.5 Å². The highest BCUT2D eigenvalue weighted by molar-refractivity contribution is 5.42. The molecule has 22 heavy (non-hydrogen) atoms. The van der Waals surface area contributed by atoms with Crippen molar-refractivity contribution in [3.63, 3.8) is 0 Å². The highest BCUT2D eigenvalue weighted by atomic mass is 19.4. The predicted molar refractivity (Wildman–Crippen MR) is 72.6 cm³/mol. The molecule has 2 aromatic rings. The fourth-order valence-corrected chi connectivity index (χ4v) is 2.25. The maximum atomic E-state index is 12.4. The lowest BCUT2D eigenvalue weighted by molar-refractivity contribution is -0.138. The van der Waals surface area contributed by atoms with Crippen LogP contribution >= 0.6 is 0 Å². The van der Waals surface area contributed by atoms with E-state index < -0.39 is 24.4 Å². The highest BCUT2D eigenvalue weighted by Gasteiger charge is 2.37. The highest BCUT2D eigenvalue weighted by Crippen LogP contribution is 2.33. The Bertz CT molecular complexity index is 748. The van der Waals surface area contributed by atoms with Crippen LogP contribution < -0.4 is 0 Å². The van der Waals surface area contributed by atoms with Crippen molar-refractivity contribution in [3.05, 3.63) is 35.8 Å². The summed E-state index contributed by atoms with van der Waals surface area (Å²) in [5, 5.41) is 18.4. The van der Waals surface area contributed by atoms with E-state index >= 15 is 0 Å². The minimum atomic E-state index is -4.39. The molecule has 0 bridgehead atoms. The number of pyridine rings is 1. The first kappa shape index (κ1) is 15.8. The van der Waals surface area contributed by atoms with Crippen LogP contribution in [0.3, 0.4) is 0 Å². The minimum Gasteiger partial charge on any atom is -0.304 e. The van der Waals surface area contributed by atoms with E-state index in [4.69, 9.17) is 0 Å². The predicted octanol–water partition coefficient (Wildman–Crippen LogP) is 3.56. The van der Waals surface area contributed by atoms with Gasteiger partial charge in [0.25, 0.3) is 0 Å². The van der Waals surface area contributed by atoms with Crippen LogP contribution in [0.15, 0.2) is 24.4 Å². The van der Waals surface area contributed by atoms with Gasteiger partial charge < -0.3 is 4.40 Å². The number of alkyl halides is 3. The lowest BCUT2D eigenvalue weighted by Crippen LogP contribution is -2.23. The number of nitrogens with zero attached hydrogens (tertiary/aromatic N) is 4. The van der Waals surface area contributed by atoms with Gasteiger partial charge in [-0.2, -0.15) is 23.7 Å². The van der Waals surface area contributed by atoms with E-state index in [2.05, 4.69) is 4.98 Å². The molecular weight excluding hydrogens is 293 g/mol. The lowest BCUT2D eigenvalue weighted by Gasteiger charge is -2.18. The minimum absolute atomic E-state index is 0.128. The summed E-state index contributed by atoms with van der Waals surface area (Å²) < 4.78 is 38.9. The molecule has 4 nitrogen and oxygen atoms in total. The second-order valence-corrected chi connectivity index (χ2v) is 5.23. The molecule has 0 spiro atoms. The zero-order valence-electron chi connectivity index (χ0n) is 11.9. The smallest absolute Gasteiger partial charge is 0.304 e. The SMILES string of the molecule is Cc1cccc2nc(CC(C#N)(C#N)CCC(F)(F)F)cn12. The first-order valence-electron chi connectivity index (χ1n) is 6.61. The van der Waals surface area contributed by atoms with Crippen molar-refractivity contribution in [2.24, 2.45) is 5.41 Å². The Hall–Kier alpha value is -2.54. The van der Waals surface area contributed by atoms with Crippen LogP contribution in [0, 0.1) is 35.0 Å². The van der Waals surface area contributed by atoms with Crippen molar-refractivity contribution >= 4 is 5.65 Å². The van der Waals surface area contributed by atoms with E-state index in [1.165, 1.54) is 0 Å². The quantitative estimate of drug-likeness (QED) is 0.867. The van der Waals surface area contributed by atoms with Crippen LogP contribution in [0.1, 0.15) is 24.2 Å². The van der Waals surface area contributed by atoms with Crippen LogP contribution in [0.2, 0.25) is 0 Å². The zero-order valence-corrected chi connectivity index (χ0v) is 11.9. The van der Waals surface area contributed by atoms with Gasteiger partial charge in [-0.1, -0.05) is 6.07 Å². The molecule has 0 unspecified atom stereocenters. The van der Waals surface area contributed by atoms with E-state index in [0.717, 1.165) is 5.69 Å². The number of aryl methyl sites for hydroxylation is 1. The first-order chi connectivity index (χ1) is 10.3. The van der Waals surface area contributed by atoms with E-state index in [1.54, 1.807) is 28.8 Å². The monoisotopic (exact) mass is 306 g/mol. The fourth-order valence-electron chi connectivity index (χ4n) is 2.25. The van der Waals surface area contributed by atoms with Gasteiger partial charge in [0.1, 0.15) is 11.1 Å². The van der Waals surface area contributed by atoms with Crippen molar-refractivity contribution in [2.75, 3.05) is 0 Å². The molecule has 0 aliphatic rings. The molecule has 2 aromatic heterocycles. The summed E-state index contributed by atoms with van der Waals surface area (Å²) in [5.74, 6) is 0. The Morgan fingerprint density at radius 1 is 1.18 bits per heavy atom. The summed E-state index contributed by atoms with van der Waals surface area (Å²) in [4.78, 5) is 4.28. The van der Waals surface area contributed by atoms with Crippen LogP contribution in [0.5, 0.6) is 0 Å². The third-order valence-electron chi connectivity index (χ3n) is 3.49. The molecule has 0 aliphatic heterocycles. The molecule has 0 fully saturated rings. The van der Waals surface area contributed by atoms with E-state index in [0.29, 0.717) is 11.3 Å². The van der Waals surface area contributed by atoms with Gasteiger partial charge in [-0.25, -0.2) is 4.98 Å². The van der Waals surface area contributed by atoms with Gasteiger partial charge in [-0.15, -0.1) is 0 Å². The van der Waals surface area contributed by atoms with Crippen LogP contribution in [-0.2, 0) is 6.42 Å². The zero-order chi connectivity index (χ0) is 16.4. The summed E-state index contributed by atoms with van der Waals surface area (Å²) in [6.07, 6.45) is -4.59. The second kappa shape index (κ2) is 5.69. The van der Waals surface area contributed by atoms with Gasteiger partial charge in [0, 0.05) is 24.7 Å². The van der Waals surface area contributed by atoms with Gasteiger partial charge in [0.2, 0.25) is 0 Å². The summed E-state index contributed by atoms with van der Waals surface area (Å²) in [6, 6.07) is 8.90. The number of imidazole rings is 1. The molecule has 114 valence electrons. The molecular formula is C15H13F3N4. The van der Waals surface area contributed by atoms with E-state index in [1.807, 2.05) is 19.1 Å². The van der Waals surface area contributed by atoms with Gasteiger partial charge >= 0.3 is 6.18 Å². The van der Waals surface area contributed by atoms with E-state index in [9.17, 15) is 23.7 Å². The Morgan fingerprint density at radius 3 is 2.41 bits per heavy atom. The van der Waals surface area contributed by atoms with Crippen LogP contribution in [0.4, 0.5) is 13.2 Å². The normalized spacial score (nSPS) is 12.1. The number of fused-ring (bicyclic) bond motifs is 1. The topological polar surface area (TPSA) is 64.9 Å². The molecule has 0 atom stereocenters. The van der Waals surface area contributed by atoms with E-state index in [-0.39, 0.29) is 6.42 Å². The molecule has 2 heterocycles.